The van der Waals surface area contributed by atoms with E-state index >= 15 is 0 Å². The minimum absolute atomic E-state index is 0.259. The Morgan fingerprint density at radius 2 is 1.47 bits per heavy atom. The molecule has 0 amide bonds. The molecule has 0 fully saturated rings. The van der Waals surface area contributed by atoms with E-state index in [-0.39, 0.29) is 13.2 Å². The predicted octanol–water partition coefficient (Wildman–Crippen LogP) is 0.800. The molecular weight excluding hydrogens is 252 g/mol. The maximum absolute atomic E-state index is 11.4. The minimum Gasteiger partial charge on any atom is -0.454 e. The van der Waals surface area contributed by atoms with E-state index in [2.05, 4.69) is 6.58 Å². The van der Waals surface area contributed by atoms with E-state index in [9.17, 15) is 4.79 Å². The van der Waals surface area contributed by atoms with Gasteiger partial charge in [0.15, 0.2) is 0 Å². The molecule has 0 aromatic rings. The molecule has 0 N–H and O–H groups in total. The van der Waals surface area contributed by atoms with Crippen molar-refractivity contribution in [1.82, 2.24) is 0 Å². The first-order valence-corrected chi connectivity index (χ1v) is 6.11. The second-order valence-corrected chi connectivity index (χ2v) is 3.94. The third-order valence-electron chi connectivity index (χ3n) is 2.09. The van der Waals surface area contributed by atoms with Crippen molar-refractivity contribution in [1.29, 1.82) is 0 Å². The van der Waals surface area contributed by atoms with Gasteiger partial charge in [-0.05, 0) is 6.92 Å². The molecule has 0 aliphatic rings. The van der Waals surface area contributed by atoms with Crippen LogP contribution in [-0.2, 0) is 28.5 Å². The zero-order valence-electron chi connectivity index (χ0n) is 12.0. The second kappa shape index (κ2) is 12.1. The van der Waals surface area contributed by atoms with Crippen LogP contribution < -0.4 is 0 Å². The summed E-state index contributed by atoms with van der Waals surface area (Å²) in [6, 6.07) is 0. The first-order chi connectivity index (χ1) is 9.11. The zero-order valence-corrected chi connectivity index (χ0v) is 12.0. The molecule has 0 rings (SSSR count). The van der Waals surface area contributed by atoms with Crippen molar-refractivity contribution >= 4 is 5.97 Å². The van der Waals surface area contributed by atoms with Crippen LogP contribution in [0.2, 0.25) is 0 Å². The van der Waals surface area contributed by atoms with Crippen molar-refractivity contribution < 1.29 is 28.5 Å². The summed E-state index contributed by atoms with van der Waals surface area (Å²) in [5, 5.41) is 0. The third-order valence-corrected chi connectivity index (χ3v) is 2.09. The highest BCUT2D eigenvalue weighted by molar-refractivity contribution is 5.87. The Bertz CT molecular complexity index is 242. The summed E-state index contributed by atoms with van der Waals surface area (Å²) in [5.41, 5.74) is 0.346. The van der Waals surface area contributed by atoms with E-state index in [1.807, 2.05) is 0 Å². The molecule has 0 aromatic carbocycles. The van der Waals surface area contributed by atoms with E-state index in [1.54, 1.807) is 21.1 Å². The summed E-state index contributed by atoms with van der Waals surface area (Å²) in [7, 11) is 3.19. The summed E-state index contributed by atoms with van der Waals surface area (Å²) in [4.78, 5) is 11.4. The second-order valence-electron chi connectivity index (χ2n) is 3.94. The number of esters is 1. The standard InChI is InChI=1S/C13H24O6/c1-11(2)13(14)19-12(9-17-7-5-15-3)10-18-8-6-16-4/h12H,1,5-10H2,2-4H3. The molecule has 0 unspecified atom stereocenters. The molecule has 0 atom stereocenters. The highest BCUT2D eigenvalue weighted by Gasteiger charge is 2.15. The van der Waals surface area contributed by atoms with Crippen molar-refractivity contribution in [3.05, 3.63) is 12.2 Å². The van der Waals surface area contributed by atoms with E-state index in [0.29, 0.717) is 32.0 Å². The number of ether oxygens (including phenoxy) is 5. The Morgan fingerprint density at radius 1 is 1.00 bits per heavy atom. The predicted molar refractivity (Wildman–Crippen MR) is 70.1 cm³/mol. The Kier molecular flexibility index (Phi) is 11.5. The minimum atomic E-state index is -0.460. The number of rotatable bonds is 12. The van der Waals surface area contributed by atoms with Gasteiger partial charge in [0.25, 0.3) is 0 Å². The zero-order chi connectivity index (χ0) is 14.5. The van der Waals surface area contributed by atoms with Gasteiger partial charge in [0.05, 0.1) is 39.6 Å². The first-order valence-electron chi connectivity index (χ1n) is 6.11. The van der Waals surface area contributed by atoms with E-state index in [0.717, 1.165) is 0 Å². The van der Waals surface area contributed by atoms with Crippen LogP contribution in [0.25, 0.3) is 0 Å². The van der Waals surface area contributed by atoms with Gasteiger partial charge >= 0.3 is 5.97 Å². The van der Waals surface area contributed by atoms with E-state index < -0.39 is 12.1 Å². The molecule has 0 saturated carbocycles. The van der Waals surface area contributed by atoms with E-state index in [1.165, 1.54) is 0 Å². The van der Waals surface area contributed by atoms with Crippen LogP contribution in [0.3, 0.4) is 0 Å². The molecule has 19 heavy (non-hydrogen) atoms. The normalized spacial score (nSPS) is 10.7. The van der Waals surface area contributed by atoms with Crippen molar-refractivity contribution in [3.8, 4) is 0 Å². The molecule has 6 heteroatoms. The fraction of sp³-hybridized carbons (Fsp3) is 0.769. The maximum Gasteiger partial charge on any atom is 0.333 e. The number of hydrogen-bond acceptors (Lipinski definition) is 6. The van der Waals surface area contributed by atoms with Gasteiger partial charge in [-0.2, -0.15) is 0 Å². The van der Waals surface area contributed by atoms with Crippen LogP contribution in [0.15, 0.2) is 12.2 Å². The molecule has 0 saturated heterocycles. The Balaban J connectivity index is 3.99. The van der Waals surface area contributed by atoms with Gasteiger partial charge in [-0.1, -0.05) is 6.58 Å². The highest BCUT2D eigenvalue weighted by atomic mass is 16.6. The Hall–Kier alpha value is -0.950. The Morgan fingerprint density at radius 3 is 1.84 bits per heavy atom. The van der Waals surface area contributed by atoms with Gasteiger partial charge in [-0.3, -0.25) is 0 Å². The SMILES string of the molecule is C=C(C)C(=O)OC(COCCOC)COCCOC. The Labute approximate surface area is 114 Å². The molecule has 6 nitrogen and oxygen atoms in total. The summed E-state index contributed by atoms with van der Waals surface area (Å²) < 4.78 is 25.6. The summed E-state index contributed by atoms with van der Waals surface area (Å²) in [6.07, 6.45) is -0.460. The van der Waals surface area contributed by atoms with Gasteiger partial charge in [0.2, 0.25) is 0 Å². The number of carbonyl (C=O) groups is 1. The fourth-order valence-corrected chi connectivity index (χ4v) is 1.08. The van der Waals surface area contributed by atoms with Crippen LogP contribution in [0.1, 0.15) is 6.92 Å². The lowest BCUT2D eigenvalue weighted by Gasteiger charge is -2.18. The maximum atomic E-state index is 11.4. The lowest BCUT2D eigenvalue weighted by Crippen LogP contribution is -2.30. The lowest BCUT2D eigenvalue weighted by molar-refractivity contribution is -0.152. The van der Waals surface area contributed by atoms with Crippen LogP contribution >= 0.6 is 0 Å². The molecule has 0 aromatic heterocycles. The third kappa shape index (κ3) is 10.6. The van der Waals surface area contributed by atoms with Crippen LogP contribution in [-0.4, -0.2) is 65.9 Å². The number of hydrogen-bond donors (Lipinski definition) is 0. The van der Waals surface area contributed by atoms with Gasteiger partial charge in [0.1, 0.15) is 6.10 Å². The van der Waals surface area contributed by atoms with Gasteiger partial charge in [0, 0.05) is 19.8 Å². The van der Waals surface area contributed by atoms with Gasteiger partial charge in [-0.15, -0.1) is 0 Å². The molecule has 0 aliphatic carbocycles. The number of methoxy groups -OCH3 is 2. The molecule has 0 spiro atoms. The smallest absolute Gasteiger partial charge is 0.333 e. The number of carbonyl (C=O) groups excluding carboxylic acids is 1. The molecular formula is C13H24O6. The average Bonchev–Trinajstić information content (AvgIpc) is 2.38. The monoisotopic (exact) mass is 276 g/mol. The van der Waals surface area contributed by atoms with Crippen LogP contribution in [0.5, 0.6) is 0 Å². The summed E-state index contributed by atoms with van der Waals surface area (Å²) in [5.74, 6) is -0.448. The van der Waals surface area contributed by atoms with Crippen LogP contribution in [0, 0.1) is 0 Å². The van der Waals surface area contributed by atoms with Gasteiger partial charge < -0.3 is 23.7 Å². The lowest BCUT2D eigenvalue weighted by atomic mass is 10.3. The molecule has 0 aliphatic heterocycles. The van der Waals surface area contributed by atoms with Gasteiger partial charge in [-0.25, -0.2) is 4.79 Å². The van der Waals surface area contributed by atoms with Crippen LogP contribution in [0.4, 0.5) is 0 Å². The van der Waals surface area contributed by atoms with Crippen molar-refractivity contribution in [3.63, 3.8) is 0 Å². The quantitative estimate of drug-likeness (QED) is 0.298. The summed E-state index contributed by atoms with van der Waals surface area (Å²) in [6.45, 7) is 7.51. The first kappa shape index (κ1) is 18.0. The topological polar surface area (TPSA) is 63.2 Å². The van der Waals surface area contributed by atoms with E-state index in [4.69, 9.17) is 23.7 Å². The van der Waals surface area contributed by atoms with Crippen molar-refractivity contribution in [2.75, 3.05) is 53.9 Å². The molecule has 0 bridgehead atoms. The fourth-order valence-electron chi connectivity index (χ4n) is 1.08. The molecule has 0 radical (unpaired) electrons. The van der Waals surface area contributed by atoms with Crippen molar-refractivity contribution in [2.24, 2.45) is 0 Å². The largest absolute Gasteiger partial charge is 0.454 e. The van der Waals surface area contributed by atoms with Crippen molar-refractivity contribution in [2.45, 2.75) is 13.0 Å². The molecule has 0 heterocycles. The average molecular weight is 276 g/mol. The highest BCUT2D eigenvalue weighted by Crippen LogP contribution is 2.01. The molecule has 112 valence electrons. The summed E-state index contributed by atoms with van der Waals surface area (Å²) >= 11 is 0.